The Bertz CT molecular complexity index is 347. The molecule has 0 spiro atoms. The van der Waals surface area contributed by atoms with E-state index >= 15 is 0 Å². The average molecular weight is 304 g/mol. The maximum Gasteiger partial charge on any atom is 0.325 e. The number of nitrogens with zero attached hydrogens (tertiary/aromatic N) is 1. The smallest absolute Gasteiger partial charge is 0.325 e. The topological polar surface area (TPSA) is 81.9 Å². The van der Waals surface area contributed by atoms with Crippen molar-refractivity contribution in [1.82, 2.24) is 4.90 Å². The van der Waals surface area contributed by atoms with Gasteiger partial charge in [0, 0.05) is 13.7 Å². The Morgan fingerprint density at radius 2 is 1.95 bits per heavy atom. The zero-order valence-electron chi connectivity index (χ0n) is 12.5. The number of hydrogen-bond acceptors (Lipinski definition) is 5. The lowest BCUT2D eigenvalue weighted by Crippen LogP contribution is -2.47. The van der Waals surface area contributed by atoms with Gasteiger partial charge in [-0.2, -0.15) is 0 Å². The molecule has 20 heavy (non-hydrogen) atoms. The van der Waals surface area contributed by atoms with Crippen molar-refractivity contribution in [2.75, 3.05) is 33.4 Å². The van der Waals surface area contributed by atoms with Crippen LogP contribution in [0.5, 0.6) is 0 Å². The lowest BCUT2D eigenvalue weighted by atomic mass is 9.94. The number of rotatable bonds is 9. The van der Waals surface area contributed by atoms with Crippen molar-refractivity contribution in [3.05, 3.63) is 0 Å². The molecule has 1 amide bonds. The molecule has 6 nitrogen and oxygen atoms in total. The Morgan fingerprint density at radius 3 is 2.35 bits per heavy atom. The molecular formula is C13H24N2O4S. The van der Waals surface area contributed by atoms with Gasteiger partial charge in [-0.05, 0) is 12.8 Å². The van der Waals surface area contributed by atoms with E-state index in [9.17, 15) is 9.59 Å². The van der Waals surface area contributed by atoms with E-state index in [2.05, 4.69) is 0 Å². The summed E-state index contributed by atoms with van der Waals surface area (Å²) >= 11 is 4.95. The van der Waals surface area contributed by atoms with E-state index in [1.165, 1.54) is 12.0 Å². The van der Waals surface area contributed by atoms with Gasteiger partial charge in [0.25, 0.3) is 0 Å². The largest absolute Gasteiger partial charge is 0.465 e. The minimum Gasteiger partial charge on any atom is -0.465 e. The van der Waals surface area contributed by atoms with Gasteiger partial charge in [0.15, 0.2) is 0 Å². The first-order valence-corrected chi connectivity index (χ1v) is 6.98. The molecule has 0 aromatic heterocycles. The number of esters is 1. The van der Waals surface area contributed by atoms with Gasteiger partial charge < -0.3 is 20.1 Å². The van der Waals surface area contributed by atoms with Crippen LogP contribution in [0.1, 0.15) is 20.8 Å². The summed E-state index contributed by atoms with van der Waals surface area (Å²) < 4.78 is 9.82. The van der Waals surface area contributed by atoms with Crippen LogP contribution < -0.4 is 5.73 Å². The predicted molar refractivity (Wildman–Crippen MR) is 80.2 cm³/mol. The average Bonchev–Trinajstić information content (AvgIpc) is 2.33. The summed E-state index contributed by atoms with van der Waals surface area (Å²) in [5.74, 6) is -1.34. The minimum atomic E-state index is -0.587. The first-order valence-electron chi connectivity index (χ1n) is 6.57. The molecule has 0 fully saturated rings. The second-order valence-corrected chi connectivity index (χ2v) is 5.15. The molecule has 0 bridgehead atoms. The Balaban J connectivity index is 4.94. The van der Waals surface area contributed by atoms with Crippen molar-refractivity contribution in [3.63, 3.8) is 0 Å². The number of amides is 1. The first-order chi connectivity index (χ1) is 9.34. The highest BCUT2D eigenvalue weighted by Gasteiger charge is 2.30. The molecule has 0 aromatic rings. The van der Waals surface area contributed by atoms with E-state index < -0.39 is 11.9 Å². The SMILES string of the molecule is CCOC(=O)CN(CCOC)C(=O)C(C(N)=S)C(C)C. The Hall–Kier alpha value is -1.21. The Kier molecular flexibility index (Phi) is 9.07. The second kappa shape index (κ2) is 9.66. The van der Waals surface area contributed by atoms with Gasteiger partial charge in [0.2, 0.25) is 5.91 Å². The summed E-state index contributed by atoms with van der Waals surface area (Å²) in [7, 11) is 1.53. The molecule has 1 atom stereocenters. The molecule has 2 N–H and O–H groups in total. The molecule has 116 valence electrons. The summed E-state index contributed by atoms with van der Waals surface area (Å²) in [6.45, 7) is 6.20. The van der Waals surface area contributed by atoms with E-state index in [0.717, 1.165) is 0 Å². The van der Waals surface area contributed by atoms with Crippen LogP contribution in [0.4, 0.5) is 0 Å². The van der Waals surface area contributed by atoms with Gasteiger partial charge >= 0.3 is 5.97 Å². The van der Waals surface area contributed by atoms with E-state index in [1.807, 2.05) is 13.8 Å². The van der Waals surface area contributed by atoms with Crippen molar-refractivity contribution >= 4 is 29.1 Å². The third-order valence-corrected chi connectivity index (χ3v) is 3.00. The minimum absolute atomic E-state index is 0.0350. The Morgan fingerprint density at radius 1 is 1.35 bits per heavy atom. The summed E-state index contributed by atoms with van der Waals surface area (Å²) in [6.07, 6.45) is 0. The van der Waals surface area contributed by atoms with Crippen LogP contribution in [-0.4, -0.2) is 55.2 Å². The fourth-order valence-corrected chi connectivity index (χ4v) is 2.14. The summed E-state index contributed by atoms with van der Waals surface area (Å²) in [6, 6.07) is 0. The van der Waals surface area contributed by atoms with Gasteiger partial charge in [0.05, 0.1) is 24.1 Å². The molecule has 0 aromatic carbocycles. The van der Waals surface area contributed by atoms with Crippen molar-refractivity contribution in [2.24, 2.45) is 17.6 Å². The molecule has 0 aliphatic carbocycles. The molecule has 0 rings (SSSR count). The summed E-state index contributed by atoms with van der Waals surface area (Å²) in [5.41, 5.74) is 5.63. The number of hydrogen-bond donors (Lipinski definition) is 1. The predicted octanol–water partition coefficient (Wildman–Crippen LogP) is 0.583. The van der Waals surface area contributed by atoms with Crippen LogP contribution >= 0.6 is 12.2 Å². The lowest BCUT2D eigenvalue weighted by molar-refractivity contribution is -0.150. The van der Waals surface area contributed by atoms with Crippen molar-refractivity contribution in [2.45, 2.75) is 20.8 Å². The molecule has 0 saturated carbocycles. The first kappa shape index (κ1) is 18.8. The molecule has 0 aliphatic rings. The standard InChI is InChI=1S/C13H24N2O4S/c1-5-19-10(16)8-15(6-7-18-4)13(17)11(9(2)3)12(14)20/h9,11H,5-8H2,1-4H3,(H2,14,20). The highest BCUT2D eigenvalue weighted by atomic mass is 32.1. The summed E-state index contributed by atoms with van der Waals surface area (Å²) in [4.78, 5) is 25.5. The maximum atomic E-state index is 12.5. The number of carbonyl (C=O) groups excluding carboxylic acids is 2. The molecule has 0 saturated heterocycles. The number of methoxy groups -OCH3 is 1. The number of thiocarbonyl (C=S) groups is 1. The second-order valence-electron chi connectivity index (χ2n) is 4.68. The van der Waals surface area contributed by atoms with Gasteiger partial charge in [-0.15, -0.1) is 0 Å². The molecule has 0 heterocycles. The van der Waals surface area contributed by atoms with Crippen molar-refractivity contribution in [1.29, 1.82) is 0 Å². The fourth-order valence-electron chi connectivity index (χ4n) is 1.76. The molecule has 0 radical (unpaired) electrons. The third-order valence-electron chi connectivity index (χ3n) is 2.74. The molecule has 7 heteroatoms. The van der Waals surface area contributed by atoms with Gasteiger partial charge in [-0.1, -0.05) is 26.1 Å². The van der Waals surface area contributed by atoms with Crippen LogP contribution in [0.25, 0.3) is 0 Å². The maximum absolute atomic E-state index is 12.5. The van der Waals surface area contributed by atoms with E-state index in [1.54, 1.807) is 6.92 Å². The van der Waals surface area contributed by atoms with Gasteiger partial charge in [0.1, 0.15) is 6.54 Å². The highest BCUT2D eigenvalue weighted by Crippen LogP contribution is 2.15. The normalized spacial score (nSPS) is 12.1. The number of ether oxygens (including phenoxy) is 2. The monoisotopic (exact) mass is 304 g/mol. The zero-order chi connectivity index (χ0) is 15.7. The van der Waals surface area contributed by atoms with Crippen LogP contribution in [-0.2, 0) is 19.1 Å². The molecular weight excluding hydrogens is 280 g/mol. The number of nitrogens with two attached hydrogens (primary N) is 1. The van der Waals surface area contributed by atoms with Crippen LogP contribution in [0.15, 0.2) is 0 Å². The third kappa shape index (κ3) is 6.29. The molecule has 0 aliphatic heterocycles. The van der Waals surface area contributed by atoms with Crippen molar-refractivity contribution in [3.8, 4) is 0 Å². The highest BCUT2D eigenvalue weighted by molar-refractivity contribution is 7.80. The van der Waals surface area contributed by atoms with Crippen LogP contribution in [0, 0.1) is 11.8 Å². The van der Waals surface area contributed by atoms with Crippen LogP contribution in [0.3, 0.4) is 0 Å². The van der Waals surface area contributed by atoms with E-state index in [-0.39, 0.29) is 30.0 Å². The van der Waals surface area contributed by atoms with Gasteiger partial charge in [-0.25, -0.2) is 0 Å². The number of carbonyl (C=O) groups is 2. The van der Waals surface area contributed by atoms with Crippen molar-refractivity contribution < 1.29 is 19.1 Å². The molecule has 1 unspecified atom stereocenters. The fraction of sp³-hybridized carbons (Fsp3) is 0.769. The zero-order valence-corrected chi connectivity index (χ0v) is 13.4. The van der Waals surface area contributed by atoms with Crippen LogP contribution in [0.2, 0.25) is 0 Å². The van der Waals surface area contributed by atoms with E-state index in [0.29, 0.717) is 13.2 Å². The lowest BCUT2D eigenvalue weighted by Gasteiger charge is -2.27. The quantitative estimate of drug-likeness (QED) is 0.496. The van der Waals surface area contributed by atoms with Gasteiger partial charge in [-0.3, -0.25) is 9.59 Å². The van der Waals surface area contributed by atoms with E-state index in [4.69, 9.17) is 27.4 Å². The summed E-state index contributed by atoms with van der Waals surface area (Å²) in [5, 5.41) is 0. The Labute approximate surface area is 125 Å².